The number of amides is 1. The molecule has 1 atom stereocenters. The summed E-state index contributed by atoms with van der Waals surface area (Å²) in [7, 11) is 0. The number of pyridine rings is 1. The van der Waals surface area contributed by atoms with E-state index in [-0.39, 0.29) is 5.91 Å². The van der Waals surface area contributed by atoms with Crippen LogP contribution >= 0.6 is 11.6 Å². The molecule has 0 aliphatic carbocycles. The highest BCUT2D eigenvalue weighted by Crippen LogP contribution is 2.32. The lowest BCUT2D eigenvalue weighted by atomic mass is 9.99. The van der Waals surface area contributed by atoms with Crippen LogP contribution in [0, 0.1) is 5.92 Å². The summed E-state index contributed by atoms with van der Waals surface area (Å²) in [4.78, 5) is 18.8. The fraction of sp³-hybridized carbons (Fsp3) is 0.400. The largest absolute Gasteiger partial charge is 0.370 e. The molecule has 2 aromatic rings. The number of benzene rings is 1. The van der Waals surface area contributed by atoms with Crippen molar-refractivity contribution >= 4 is 28.9 Å². The smallest absolute Gasteiger partial charge is 0.224 e. The van der Waals surface area contributed by atoms with E-state index in [0.29, 0.717) is 23.8 Å². The van der Waals surface area contributed by atoms with Gasteiger partial charge in [-0.2, -0.15) is 0 Å². The Kier molecular flexibility index (Phi) is 5.92. The van der Waals surface area contributed by atoms with E-state index in [1.165, 1.54) is 12.8 Å². The maximum absolute atomic E-state index is 12.4. The van der Waals surface area contributed by atoms with Crippen LogP contribution in [0.3, 0.4) is 0 Å². The van der Waals surface area contributed by atoms with E-state index in [4.69, 9.17) is 11.6 Å². The zero-order chi connectivity index (χ0) is 17.6. The number of carbonyl (C=O) groups is 1. The highest BCUT2D eigenvalue weighted by Gasteiger charge is 2.20. The molecule has 0 radical (unpaired) electrons. The number of nitrogens with zero attached hydrogens (tertiary/aromatic N) is 2. The molecular weight excluding hydrogens is 334 g/mol. The summed E-state index contributed by atoms with van der Waals surface area (Å²) >= 11 is 6.16. The molecule has 3 rings (SSSR count). The Balaban J connectivity index is 1.68. The van der Waals surface area contributed by atoms with Gasteiger partial charge < -0.3 is 10.2 Å². The maximum atomic E-state index is 12.4. The molecule has 0 saturated carbocycles. The number of hydrogen-bond acceptors (Lipinski definition) is 3. The molecule has 5 heteroatoms. The average molecular weight is 358 g/mol. The van der Waals surface area contributed by atoms with E-state index in [2.05, 4.69) is 22.1 Å². The van der Waals surface area contributed by atoms with Gasteiger partial charge in [-0.1, -0.05) is 24.6 Å². The normalized spacial score (nSPS) is 17.4. The third-order valence-corrected chi connectivity index (χ3v) is 4.83. The molecule has 132 valence electrons. The Morgan fingerprint density at radius 2 is 2.28 bits per heavy atom. The molecule has 2 heterocycles. The van der Waals surface area contributed by atoms with Crippen LogP contribution in [0.2, 0.25) is 5.02 Å². The summed E-state index contributed by atoms with van der Waals surface area (Å²) in [5, 5.41) is 3.68. The quantitative estimate of drug-likeness (QED) is 0.854. The van der Waals surface area contributed by atoms with Crippen molar-refractivity contribution in [2.75, 3.05) is 23.3 Å². The van der Waals surface area contributed by atoms with Crippen molar-refractivity contribution in [1.29, 1.82) is 0 Å². The fourth-order valence-electron chi connectivity index (χ4n) is 3.31. The van der Waals surface area contributed by atoms with Crippen molar-refractivity contribution in [3.63, 3.8) is 0 Å². The summed E-state index contributed by atoms with van der Waals surface area (Å²) in [6.07, 6.45) is 7.08. The summed E-state index contributed by atoms with van der Waals surface area (Å²) in [5.41, 5.74) is 2.93. The van der Waals surface area contributed by atoms with E-state index in [9.17, 15) is 4.79 Å². The molecule has 1 aromatic heterocycles. The third kappa shape index (κ3) is 4.95. The predicted octanol–water partition coefficient (Wildman–Crippen LogP) is 4.54. The van der Waals surface area contributed by atoms with E-state index in [1.807, 2.05) is 30.3 Å². The number of halogens is 1. The molecule has 1 amide bonds. The van der Waals surface area contributed by atoms with Gasteiger partial charge in [0, 0.05) is 36.9 Å². The first-order valence-corrected chi connectivity index (χ1v) is 9.23. The Hall–Kier alpha value is -2.07. The number of aromatic nitrogens is 1. The molecule has 1 N–H and O–H groups in total. The highest BCUT2D eigenvalue weighted by atomic mass is 35.5. The van der Waals surface area contributed by atoms with Gasteiger partial charge in [-0.15, -0.1) is 0 Å². The van der Waals surface area contributed by atoms with Crippen LogP contribution in [0.15, 0.2) is 42.7 Å². The summed E-state index contributed by atoms with van der Waals surface area (Å²) in [5.74, 6) is 0.663. The Morgan fingerprint density at radius 1 is 1.40 bits per heavy atom. The second-order valence-electron chi connectivity index (χ2n) is 6.76. The van der Waals surface area contributed by atoms with Crippen LogP contribution in [0.5, 0.6) is 0 Å². The minimum Gasteiger partial charge on any atom is -0.370 e. The topological polar surface area (TPSA) is 45.2 Å². The van der Waals surface area contributed by atoms with Gasteiger partial charge in [-0.05, 0) is 55.0 Å². The maximum Gasteiger partial charge on any atom is 0.224 e. The van der Waals surface area contributed by atoms with Crippen LogP contribution in [0.1, 0.15) is 31.7 Å². The first-order valence-electron chi connectivity index (χ1n) is 8.85. The number of anilines is 2. The number of hydrogen-bond donors (Lipinski definition) is 1. The van der Waals surface area contributed by atoms with Gasteiger partial charge in [0.25, 0.3) is 0 Å². The Labute approximate surface area is 154 Å². The molecule has 1 aliphatic heterocycles. The van der Waals surface area contributed by atoms with Gasteiger partial charge in [0.2, 0.25) is 5.91 Å². The first-order chi connectivity index (χ1) is 12.1. The molecule has 1 fully saturated rings. The average Bonchev–Trinajstić information content (AvgIpc) is 2.61. The van der Waals surface area contributed by atoms with Crippen LogP contribution in [0.4, 0.5) is 11.4 Å². The van der Waals surface area contributed by atoms with Crippen molar-refractivity contribution in [2.45, 2.75) is 32.6 Å². The van der Waals surface area contributed by atoms with E-state index >= 15 is 0 Å². The lowest BCUT2D eigenvalue weighted by Crippen LogP contribution is -2.34. The zero-order valence-corrected chi connectivity index (χ0v) is 15.3. The summed E-state index contributed by atoms with van der Waals surface area (Å²) in [6, 6.07) is 9.62. The zero-order valence-electron chi connectivity index (χ0n) is 14.5. The third-order valence-electron chi connectivity index (χ3n) is 4.59. The lowest BCUT2D eigenvalue weighted by molar-refractivity contribution is -0.116. The van der Waals surface area contributed by atoms with Gasteiger partial charge in [0.05, 0.1) is 11.4 Å². The van der Waals surface area contributed by atoms with Crippen LogP contribution < -0.4 is 10.2 Å². The SMILES string of the molecule is CC1CCCN(c2ccc(Cl)cc2NC(=O)CCc2cccnc2)C1. The number of rotatable bonds is 5. The number of carbonyl (C=O) groups excluding carboxylic acids is 1. The van der Waals surface area contributed by atoms with Gasteiger partial charge in [0.1, 0.15) is 0 Å². The van der Waals surface area contributed by atoms with Gasteiger partial charge in [-0.3, -0.25) is 9.78 Å². The van der Waals surface area contributed by atoms with Gasteiger partial charge in [0.15, 0.2) is 0 Å². The minimum absolute atomic E-state index is 0.00238. The predicted molar refractivity (Wildman–Crippen MR) is 103 cm³/mol. The van der Waals surface area contributed by atoms with Crippen molar-refractivity contribution in [1.82, 2.24) is 4.98 Å². The monoisotopic (exact) mass is 357 g/mol. The number of nitrogens with one attached hydrogen (secondary N) is 1. The second-order valence-corrected chi connectivity index (χ2v) is 7.20. The van der Waals surface area contributed by atoms with Gasteiger partial charge in [-0.25, -0.2) is 0 Å². The Morgan fingerprint density at radius 3 is 3.04 bits per heavy atom. The second kappa shape index (κ2) is 8.34. The standard InChI is InChI=1S/C20H24ClN3O/c1-15-4-3-11-24(14-15)19-8-7-17(21)12-18(19)23-20(25)9-6-16-5-2-10-22-13-16/h2,5,7-8,10,12-13,15H,3-4,6,9,11,14H2,1H3,(H,23,25). The molecule has 0 bridgehead atoms. The summed E-state index contributed by atoms with van der Waals surface area (Å²) < 4.78 is 0. The molecule has 1 aromatic carbocycles. The molecule has 1 unspecified atom stereocenters. The van der Waals surface area contributed by atoms with E-state index in [1.54, 1.807) is 12.4 Å². The molecular formula is C20H24ClN3O. The number of aryl methyl sites for hydroxylation is 1. The van der Waals surface area contributed by atoms with Crippen LogP contribution in [-0.2, 0) is 11.2 Å². The van der Waals surface area contributed by atoms with Gasteiger partial charge >= 0.3 is 0 Å². The van der Waals surface area contributed by atoms with Crippen molar-refractivity contribution in [3.05, 3.63) is 53.3 Å². The van der Waals surface area contributed by atoms with Crippen molar-refractivity contribution in [3.8, 4) is 0 Å². The molecule has 1 aliphatic rings. The first kappa shape index (κ1) is 17.7. The fourth-order valence-corrected chi connectivity index (χ4v) is 3.48. The van der Waals surface area contributed by atoms with Crippen LogP contribution in [0.25, 0.3) is 0 Å². The molecule has 4 nitrogen and oxygen atoms in total. The molecule has 1 saturated heterocycles. The Bertz CT molecular complexity index is 720. The van der Waals surface area contributed by atoms with E-state index in [0.717, 1.165) is 30.0 Å². The lowest BCUT2D eigenvalue weighted by Gasteiger charge is -2.34. The van der Waals surface area contributed by atoms with Crippen molar-refractivity contribution in [2.24, 2.45) is 5.92 Å². The summed E-state index contributed by atoms with van der Waals surface area (Å²) in [6.45, 7) is 4.30. The van der Waals surface area contributed by atoms with Crippen molar-refractivity contribution < 1.29 is 4.79 Å². The molecule has 0 spiro atoms. The van der Waals surface area contributed by atoms with Crippen LogP contribution in [-0.4, -0.2) is 24.0 Å². The van der Waals surface area contributed by atoms with E-state index < -0.39 is 0 Å². The molecule has 25 heavy (non-hydrogen) atoms. The number of piperidine rings is 1. The highest BCUT2D eigenvalue weighted by molar-refractivity contribution is 6.31. The minimum atomic E-state index is -0.00238.